The Labute approximate surface area is 195 Å². The molecule has 0 spiro atoms. The number of pyridine rings is 2. The monoisotopic (exact) mass is 457 g/mol. The minimum absolute atomic E-state index is 0.124. The summed E-state index contributed by atoms with van der Waals surface area (Å²) in [7, 11) is 0. The largest absolute Gasteiger partial charge is 0.478 e. The molecule has 0 unspecified atom stereocenters. The second-order valence-electron chi connectivity index (χ2n) is 8.67. The first-order valence-electron chi connectivity index (χ1n) is 11.1. The highest BCUT2D eigenvalue weighted by atomic mass is 19.1. The van der Waals surface area contributed by atoms with Crippen molar-refractivity contribution in [3.05, 3.63) is 111 Å². The zero-order valence-corrected chi connectivity index (χ0v) is 18.9. The van der Waals surface area contributed by atoms with Crippen LogP contribution in [0.25, 0.3) is 5.52 Å². The fourth-order valence-electron chi connectivity index (χ4n) is 4.73. The molecule has 0 amide bonds. The van der Waals surface area contributed by atoms with Crippen LogP contribution in [-0.2, 0) is 13.1 Å². The Hall–Kier alpha value is -4.13. The van der Waals surface area contributed by atoms with E-state index in [1.54, 1.807) is 25.1 Å². The highest BCUT2D eigenvalue weighted by molar-refractivity contribution is 5.94. The molecule has 0 radical (unpaired) electrons. The number of rotatable bonds is 5. The highest BCUT2D eigenvalue weighted by Crippen LogP contribution is 2.32. The van der Waals surface area contributed by atoms with E-state index in [0.29, 0.717) is 35.4 Å². The van der Waals surface area contributed by atoms with Gasteiger partial charge in [0.25, 0.3) is 5.56 Å². The molecule has 1 atom stereocenters. The molecular formula is C27H24FN3O3. The number of carboxylic acids is 1. The van der Waals surface area contributed by atoms with Gasteiger partial charge in [0.05, 0.1) is 17.1 Å². The third kappa shape index (κ3) is 3.69. The Kier molecular flexibility index (Phi) is 5.32. The van der Waals surface area contributed by atoms with Crippen molar-refractivity contribution in [1.29, 1.82) is 0 Å². The van der Waals surface area contributed by atoms with Crippen molar-refractivity contribution < 1.29 is 14.3 Å². The van der Waals surface area contributed by atoms with Gasteiger partial charge in [0.1, 0.15) is 5.82 Å². The van der Waals surface area contributed by atoms with Crippen LogP contribution in [0.3, 0.4) is 0 Å². The van der Waals surface area contributed by atoms with E-state index in [4.69, 9.17) is 0 Å². The lowest BCUT2D eigenvalue weighted by Gasteiger charge is -2.23. The lowest BCUT2D eigenvalue weighted by atomic mass is 10.0. The summed E-state index contributed by atoms with van der Waals surface area (Å²) in [5, 5.41) is 12.7. The second kappa shape index (κ2) is 8.33. The number of nitrogens with zero attached hydrogens (tertiary/aromatic N) is 2. The Bertz CT molecular complexity index is 1470. The zero-order valence-electron chi connectivity index (χ0n) is 18.9. The number of halogens is 1. The van der Waals surface area contributed by atoms with Gasteiger partial charge < -0.3 is 15.3 Å². The van der Waals surface area contributed by atoms with Crippen LogP contribution in [0, 0.1) is 12.7 Å². The fourth-order valence-corrected chi connectivity index (χ4v) is 4.73. The summed E-state index contributed by atoms with van der Waals surface area (Å²) in [6.07, 6.45) is 1.20. The maximum Gasteiger partial charge on any atom is 0.337 e. The third-order valence-electron chi connectivity index (χ3n) is 6.48. The number of fused-ring (bicyclic) bond motifs is 2. The van der Waals surface area contributed by atoms with Crippen LogP contribution in [0.1, 0.15) is 45.6 Å². The van der Waals surface area contributed by atoms with Gasteiger partial charge in [-0.05, 0) is 49.2 Å². The average molecular weight is 458 g/mol. The van der Waals surface area contributed by atoms with Crippen molar-refractivity contribution in [2.45, 2.75) is 33.0 Å². The van der Waals surface area contributed by atoms with Crippen molar-refractivity contribution in [2.75, 3.05) is 10.2 Å². The number of carboxylic acid groups (broad SMARTS) is 1. The number of benzene rings is 2. The molecule has 1 aliphatic heterocycles. The van der Waals surface area contributed by atoms with E-state index in [0.717, 1.165) is 5.69 Å². The smallest absolute Gasteiger partial charge is 0.337 e. The van der Waals surface area contributed by atoms with E-state index in [-0.39, 0.29) is 11.1 Å². The van der Waals surface area contributed by atoms with E-state index in [2.05, 4.69) is 22.3 Å². The Balaban J connectivity index is 1.60. The molecule has 34 heavy (non-hydrogen) atoms. The maximum absolute atomic E-state index is 14.6. The Morgan fingerprint density at radius 3 is 2.38 bits per heavy atom. The first kappa shape index (κ1) is 21.7. The van der Waals surface area contributed by atoms with Gasteiger partial charge in [-0.1, -0.05) is 36.4 Å². The molecular weight excluding hydrogens is 433 g/mol. The summed E-state index contributed by atoms with van der Waals surface area (Å²) in [6.45, 7) is 4.98. The van der Waals surface area contributed by atoms with Gasteiger partial charge in [0.2, 0.25) is 0 Å². The fraction of sp³-hybridized carbons (Fsp3) is 0.185. The quantitative estimate of drug-likeness (QED) is 0.434. The number of carbonyl (C=O) groups is 1. The topological polar surface area (TPSA) is 74.1 Å². The molecule has 3 heterocycles. The summed E-state index contributed by atoms with van der Waals surface area (Å²) in [6, 6.07) is 17.6. The van der Waals surface area contributed by atoms with E-state index in [9.17, 15) is 19.1 Å². The van der Waals surface area contributed by atoms with Crippen molar-refractivity contribution in [3.8, 4) is 0 Å². The molecule has 0 bridgehead atoms. The number of aromatic carboxylic acids is 1. The third-order valence-corrected chi connectivity index (χ3v) is 6.48. The van der Waals surface area contributed by atoms with Gasteiger partial charge in [-0.15, -0.1) is 0 Å². The number of hydrogen-bond donors (Lipinski definition) is 2. The minimum atomic E-state index is -1.05. The molecule has 2 aromatic carbocycles. The summed E-state index contributed by atoms with van der Waals surface area (Å²) in [5.74, 6) is -1.59. The van der Waals surface area contributed by atoms with Crippen LogP contribution in [0.15, 0.2) is 71.7 Å². The van der Waals surface area contributed by atoms with Gasteiger partial charge in [-0.25, -0.2) is 9.18 Å². The summed E-state index contributed by atoms with van der Waals surface area (Å²) in [4.78, 5) is 27.1. The summed E-state index contributed by atoms with van der Waals surface area (Å²) >= 11 is 0. The van der Waals surface area contributed by atoms with Crippen LogP contribution in [0.5, 0.6) is 0 Å². The van der Waals surface area contributed by atoms with Gasteiger partial charge in [-0.2, -0.15) is 0 Å². The van der Waals surface area contributed by atoms with Gasteiger partial charge in [-0.3, -0.25) is 9.20 Å². The van der Waals surface area contributed by atoms with E-state index < -0.39 is 17.8 Å². The van der Waals surface area contributed by atoms with Gasteiger partial charge in [0.15, 0.2) is 0 Å². The van der Waals surface area contributed by atoms with E-state index in [1.807, 2.05) is 25.1 Å². The lowest BCUT2D eigenvalue weighted by Crippen LogP contribution is -2.25. The van der Waals surface area contributed by atoms with Crippen LogP contribution >= 0.6 is 0 Å². The standard InChI is InChI=1S/C27H24FN3O3/c1-16-24(30-13-18-7-3-4-8-19(18)14-30)12-25-22(11-20(28)15-31(25)26(16)32)17(2)29-23-10-6-5-9-21(23)27(33)34/h3-12,15,17,29H,13-14H2,1-2H3,(H,33,34)/t17-/m0/s1. The Morgan fingerprint density at radius 1 is 1.06 bits per heavy atom. The van der Waals surface area contributed by atoms with Crippen molar-refractivity contribution in [1.82, 2.24) is 4.40 Å². The molecule has 4 aromatic rings. The van der Waals surface area contributed by atoms with Crippen molar-refractivity contribution >= 4 is 22.9 Å². The number of aromatic nitrogens is 1. The average Bonchev–Trinajstić information content (AvgIpc) is 3.25. The zero-order chi connectivity index (χ0) is 24.0. The molecule has 2 aromatic heterocycles. The number of anilines is 2. The predicted molar refractivity (Wildman–Crippen MR) is 130 cm³/mol. The van der Waals surface area contributed by atoms with Crippen LogP contribution < -0.4 is 15.8 Å². The summed E-state index contributed by atoms with van der Waals surface area (Å²) < 4.78 is 15.9. The minimum Gasteiger partial charge on any atom is -0.478 e. The molecule has 1 aliphatic rings. The number of para-hydroxylation sites is 1. The molecule has 6 nitrogen and oxygen atoms in total. The first-order chi connectivity index (χ1) is 16.3. The molecule has 172 valence electrons. The second-order valence-corrected chi connectivity index (χ2v) is 8.67. The van der Waals surface area contributed by atoms with Gasteiger partial charge in [0, 0.05) is 41.8 Å². The van der Waals surface area contributed by atoms with E-state index in [1.165, 1.54) is 33.9 Å². The highest BCUT2D eigenvalue weighted by Gasteiger charge is 2.23. The SMILES string of the molecule is Cc1c(N2Cc3ccccc3C2)cc2c([C@H](C)Nc3ccccc3C(=O)O)cc(F)cn2c1=O. The molecule has 0 fully saturated rings. The van der Waals surface area contributed by atoms with Crippen molar-refractivity contribution in [2.24, 2.45) is 0 Å². The molecule has 0 saturated carbocycles. The Morgan fingerprint density at radius 2 is 1.71 bits per heavy atom. The normalized spacial score (nSPS) is 13.7. The molecule has 0 saturated heterocycles. The first-order valence-corrected chi connectivity index (χ1v) is 11.1. The van der Waals surface area contributed by atoms with Crippen LogP contribution in [0.2, 0.25) is 0 Å². The predicted octanol–water partition coefficient (Wildman–Crippen LogP) is 5.14. The number of nitrogens with one attached hydrogen (secondary N) is 1. The molecule has 7 heteroatoms. The van der Waals surface area contributed by atoms with Crippen LogP contribution in [-0.4, -0.2) is 15.5 Å². The number of hydrogen-bond acceptors (Lipinski definition) is 4. The molecule has 5 rings (SSSR count). The maximum atomic E-state index is 14.6. The van der Waals surface area contributed by atoms with Gasteiger partial charge >= 0.3 is 5.97 Å². The molecule has 2 N–H and O–H groups in total. The molecule has 0 aliphatic carbocycles. The summed E-state index contributed by atoms with van der Waals surface area (Å²) in [5.41, 5.74) is 5.23. The van der Waals surface area contributed by atoms with E-state index >= 15 is 0 Å². The van der Waals surface area contributed by atoms with Crippen LogP contribution in [0.4, 0.5) is 15.8 Å². The van der Waals surface area contributed by atoms with Crippen molar-refractivity contribution in [3.63, 3.8) is 0 Å². The lowest BCUT2D eigenvalue weighted by molar-refractivity contribution is 0.0698.